The molecular formula is C10H9BrN2OS2. The number of hydrogen-bond donors (Lipinski definition) is 1. The van der Waals surface area contributed by atoms with E-state index in [0.29, 0.717) is 17.4 Å². The maximum atomic E-state index is 11.9. The van der Waals surface area contributed by atoms with Gasteiger partial charge in [-0.2, -0.15) is 0 Å². The summed E-state index contributed by atoms with van der Waals surface area (Å²) in [5, 5.41) is 3.40. The molecule has 84 valence electrons. The number of carbonyl (C=O) groups excluding carboxylic acids is 1. The van der Waals surface area contributed by atoms with E-state index < -0.39 is 0 Å². The zero-order valence-electron chi connectivity index (χ0n) is 8.49. The molecule has 0 aliphatic carbocycles. The molecule has 0 aromatic carbocycles. The van der Waals surface area contributed by atoms with Crippen LogP contribution in [0.2, 0.25) is 0 Å². The van der Waals surface area contributed by atoms with Crippen LogP contribution in [0.4, 0.5) is 0 Å². The highest BCUT2D eigenvalue weighted by molar-refractivity contribution is 9.11. The number of nitrogens with zero attached hydrogens (tertiary/aromatic N) is 1. The molecule has 1 aromatic heterocycles. The fourth-order valence-electron chi connectivity index (χ4n) is 1.41. The minimum atomic E-state index is -0.0583. The van der Waals surface area contributed by atoms with E-state index in [-0.39, 0.29) is 5.91 Å². The van der Waals surface area contributed by atoms with Gasteiger partial charge in [0.2, 0.25) is 0 Å². The molecule has 16 heavy (non-hydrogen) atoms. The minimum absolute atomic E-state index is 0.0583. The molecule has 1 aliphatic heterocycles. The largest absolute Gasteiger partial charge is 0.328 e. The lowest BCUT2D eigenvalue weighted by Gasteiger charge is -2.08. The van der Waals surface area contributed by atoms with Crippen molar-refractivity contribution in [1.82, 2.24) is 10.2 Å². The maximum Gasteiger partial charge on any atom is 0.276 e. The highest BCUT2D eigenvalue weighted by Gasteiger charge is 2.28. The molecule has 0 radical (unpaired) electrons. The van der Waals surface area contributed by atoms with Gasteiger partial charge in [0.05, 0.1) is 3.79 Å². The summed E-state index contributed by atoms with van der Waals surface area (Å²) in [5.41, 5.74) is 0.543. The minimum Gasteiger partial charge on any atom is -0.328 e. The fourth-order valence-corrected chi connectivity index (χ4v) is 3.10. The van der Waals surface area contributed by atoms with Crippen molar-refractivity contribution in [1.29, 1.82) is 0 Å². The van der Waals surface area contributed by atoms with Crippen molar-refractivity contribution in [3.05, 3.63) is 26.5 Å². The summed E-state index contributed by atoms with van der Waals surface area (Å²) in [4.78, 5) is 14.4. The van der Waals surface area contributed by atoms with Crippen molar-refractivity contribution in [2.24, 2.45) is 0 Å². The van der Waals surface area contributed by atoms with E-state index in [1.54, 1.807) is 16.2 Å². The Hall–Kier alpha value is -0.720. The van der Waals surface area contributed by atoms with E-state index in [1.807, 2.05) is 25.1 Å². The molecule has 1 aromatic rings. The number of rotatable bonds is 2. The first-order valence-electron chi connectivity index (χ1n) is 4.71. The van der Waals surface area contributed by atoms with E-state index in [1.165, 1.54) is 0 Å². The molecule has 3 nitrogen and oxygen atoms in total. The summed E-state index contributed by atoms with van der Waals surface area (Å²) in [6.45, 7) is 2.49. The Balaban J connectivity index is 2.27. The van der Waals surface area contributed by atoms with E-state index in [2.05, 4.69) is 21.2 Å². The highest BCUT2D eigenvalue weighted by Crippen LogP contribution is 2.24. The van der Waals surface area contributed by atoms with Crippen molar-refractivity contribution in [2.75, 3.05) is 6.54 Å². The summed E-state index contributed by atoms with van der Waals surface area (Å²) < 4.78 is 1.04. The van der Waals surface area contributed by atoms with E-state index >= 15 is 0 Å². The Labute approximate surface area is 111 Å². The molecule has 1 saturated heterocycles. The van der Waals surface area contributed by atoms with Gasteiger partial charge in [-0.05, 0) is 53.3 Å². The smallest absolute Gasteiger partial charge is 0.276 e. The van der Waals surface area contributed by atoms with Gasteiger partial charge in [0, 0.05) is 11.4 Å². The predicted octanol–water partition coefficient (Wildman–Crippen LogP) is 2.59. The Bertz CT molecular complexity index is 481. The van der Waals surface area contributed by atoms with Crippen LogP contribution in [-0.2, 0) is 4.79 Å². The monoisotopic (exact) mass is 316 g/mol. The first-order valence-corrected chi connectivity index (χ1v) is 6.73. The molecule has 0 spiro atoms. The van der Waals surface area contributed by atoms with Crippen molar-refractivity contribution >= 4 is 56.6 Å². The standard InChI is InChI=1S/C10H9BrN2OS2/c1-2-13-9(14)7(12-10(13)15)5-6-3-4-8(11)16-6/h3-5H,2H2,1H3,(H,12,15). The van der Waals surface area contributed by atoms with Gasteiger partial charge in [-0.15, -0.1) is 11.3 Å². The molecule has 1 N–H and O–H groups in total. The quantitative estimate of drug-likeness (QED) is 0.672. The molecule has 0 bridgehead atoms. The first-order chi connectivity index (χ1) is 7.61. The number of thiophene rings is 1. The molecule has 1 amide bonds. The highest BCUT2D eigenvalue weighted by atomic mass is 79.9. The number of nitrogens with one attached hydrogen (secondary N) is 1. The van der Waals surface area contributed by atoms with Crippen LogP contribution < -0.4 is 5.32 Å². The Morgan fingerprint density at radius 1 is 1.62 bits per heavy atom. The summed E-state index contributed by atoms with van der Waals surface area (Å²) in [5.74, 6) is -0.0583. The number of likely N-dealkylation sites (N-methyl/N-ethyl adjacent to an activating group) is 1. The van der Waals surface area contributed by atoms with Gasteiger partial charge in [-0.1, -0.05) is 0 Å². The van der Waals surface area contributed by atoms with E-state index in [0.717, 1.165) is 8.66 Å². The van der Waals surface area contributed by atoms with Crippen LogP contribution in [0.15, 0.2) is 21.6 Å². The van der Waals surface area contributed by atoms with Gasteiger partial charge in [0.15, 0.2) is 5.11 Å². The molecule has 0 saturated carbocycles. The summed E-state index contributed by atoms with van der Waals surface area (Å²) in [6.07, 6.45) is 1.82. The van der Waals surface area contributed by atoms with Crippen LogP contribution in [0.25, 0.3) is 6.08 Å². The van der Waals surface area contributed by atoms with Crippen LogP contribution in [0, 0.1) is 0 Å². The Morgan fingerprint density at radius 2 is 2.38 bits per heavy atom. The third-order valence-corrected chi connectivity index (χ3v) is 4.05. The molecule has 0 atom stereocenters. The van der Waals surface area contributed by atoms with Gasteiger partial charge in [0.25, 0.3) is 5.91 Å². The molecule has 1 aliphatic rings. The number of halogens is 1. The summed E-state index contributed by atoms with van der Waals surface area (Å²) >= 11 is 10.0. The van der Waals surface area contributed by atoms with Gasteiger partial charge >= 0.3 is 0 Å². The van der Waals surface area contributed by atoms with Crippen LogP contribution in [-0.4, -0.2) is 22.5 Å². The van der Waals surface area contributed by atoms with Crippen molar-refractivity contribution in [3.63, 3.8) is 0 Å². The topological polar surface area (TPSA) is 32.3 Å². The third-order valence-electron chi connectivity index (χ3n) is 2.16. The third kappa shape index (κ3) is 2.18. The van der Waals surface area contributed by atoms with Crippen LogP contribution in [0.3, 0.4) is 0 Å². The van der Waals surface area contributed by atoms with Gasteiger partial charge in [0.1, 0.15) is 5.70 Å². The number of amides is 1. The van der Waals surface area contributed by atoms with Crippen LogP contribution in [0.5, 0.6) is 0 Å². The number of hydrogen-bond acceptors (Lipinski definition) is 3. The first kappa shape index (κ1) is 11.8. The lowest BCUT2D eigenvalue weighted by atomic mass is 10.3. The van der Waals surface area contributed by atoms with Crippen molar-refractivity contribution in [3.8, 4) is 0 Å². The van der Waals surface area contributed by atoms with Crippen molar-refractivity contribution < 1.29 is 4.79 Å². The fraction of sp³-hybridized carbons (Fsp3) is 0.200. The second-order valence-electron chi connectivity index (χ2n) is 3.18. The number of carbonyl (C=O) groups is 1. The van der Waals surface area contributed by atoms with Gasteiger partial charge < -0.3 is 5.32 Å². The van der Waals surface area contributed by atoms with E-state index in [9.17, 15) is 4.79 Å². The molecular weight excluding hydrogens is 308 g/mol. The normalized spacial score (nSPS) is 18.4. The van der Waals surface area contributed by atoms with Gasteiger partial charge in [-0.3, -0.25) is 9.69 Å². The van der Waals surface area contributed by atoms with Crippen molar-refractivity contribution in [2.45, 2.75) is 6.92 Å². The second kappa shape index (κ2) is 4.65. The second-order valence-corrected chi connectivity index (χ2v) is 6.06. The zero-order valence-corrected chi connectivity index (χ0v) is 11.7. The Kier molecular flexibility index (Phi) is 3.41. The van der Waals surface area contributed by atoms with E-state index in [4.69, 9.17) is 12.2 Å². The maximum absolute atomic E-state index is 11.9. The van der Waals surface area contributed by atoms with Gasteiger partial charge in [-0.25, -0.2) is 0 Å². The Morgan fingerprint density at radius 3 is 2.88 bits per heavy atom. The van der Waals surface area contributed by atoms with Crippen LogP contribution >= 0.6 is 39.5 Å². The lowest BCUT2D eigenvalue weighted by molar-refractivity contribution is -0.122. The SMILES string of the molecule is CCN1C(=O)C(=Cc2ccc(Br)s2)NC1=S. The molecule has 1 fully saturated rings. The summed E-state index contributed by atoms with van der Waals surface area (Å²) in [6, 6.07) is 3.90. The van der Waals surface area contributed by atoms with Crippen LogP contribution in [0.1, 0.15) is 11.8 Å². The molecule has 2 rings (SSSR count). The summed E-state index contributed by atoms with van der Waals surface area (Å²) in [7, 11) is 0. The molecule has 2 heterocycles. The predicted molar refractivity (Wildman–Crippen MR) is 73.1 cm³/mol. The number of thiocarbonyl (C=S) groups is 1. The lowest BCUT2D eigenvalue weighted by Crippen LogP contribution is -2.30. The average molecular weight is 317 g/mol. The molecule has 6 heteroatoms. The average Bonchev–Trinajstić information content (AvgIpc) is 2.74. The zero-order chi connectivity index (χ0) is 11.7. The molecule has 0 unspecified atom stereocenters.